The Hall–Kier alpha value is -1.91. The Balaban J connectivity index is 2.19. The molecule has 5 heteroatoms. The molecule has 1 aliphatic rings. The van der Waals surface area contributed by atoms with E-state index in [9.17, 15) is 9.59 Å². The third-order valence-corrected chi connectivity index (χ3v) is 3.03. The molecule has 1 aromatic heterocycles. The molecule has 0 aliphatic carbocycles. The Morgan fingerprint density at radius 3 is 2.82 bits per heavy atom. The first-order valence-electron chi connectivity index (χ1n) is 5.58. The smallest absolute Gasteiger partial charge is 0.303 e. The highest BCUT2D eigenvalue weighted by Gasteiger charge is 2.31. The van der Waals surface area contributed by atoms with Crippen LogP contribution < -0.4 is 5.32 Å². The van der Waals surface area contributed by atoms with Crippen molar-refractivity contribution in [3.8, 4) is 0 Å². The number of carbonyl (C=O) groups excluding carboxylic acids is 1. The van der Waals surface area contributed by atoms with Gasteiger partial charge in [-0.25, -0.2) is 0 Å². The lowest BCUT2D eigenvalue weighted by Crippen LogP contribution is -2.39. The lowest BCUT2D eigenvalue weighted by molar-refractivity contribution is -0.139. The Kier molecular flexibility index (Phi) is 3.37. The summed E-state index contributed by atoms with van der Waals surface area (Å²) in [6.07, 6.45) is 4.39. The van der Waals surface area contributed by atoms with Crippen LogP contribution in [-0.2, 0) is 9.59 Å². The molecule has 17 heavy (non-hydrogen) atoms. The second kappa shape index (κ2) is 4.95. The maximum Gasteiger partial charge on any atom is 0.303 e. The van der Waals surface area contributed by atoms with Gasteiger partial charge in [0.1, 0.15) is 0 Å². The molecule has 1 amide bonds. The molecule has 0 radical (unpaired) electrons. The van der Waals surface area contributed by atoms with Crippen LogP contribution in [0.1, 0.15) is 30.9 Å². The average molecular weight is 234 g/mol. The summed E-state index contributed by atoms with van der Waals surface area (Å²) in [4.78, 5) is 26.1. The second-order valence-electron chi connectivity index (χ2n) is 4.22. The minimum atomic E-state index is -0.829. The predicted octanol–water partition coefficient (Wildman–Crippen LogP) is 1.12. The number of amides is 1. The topological polar surface area (TPSA) is 79.3 Å². The van der Waals surface area contributed by atoms with E-state index < -0.39 is 5.97 Å². The van der Waals surface area contributed by atoms with Gasteiger partial charge in [0.25, 0.3) is 0 Å². The molecular formula is C12H14N2O3. The minimum Gasteiger partial charge on any atom is -0.481 e. The van der Waals surface area contributed by atoms with Crippen LogP contribution in [0.2, 0.25) is 0 Å². The molecule has 1 saturated heterocycles. The number of carboxylic acids is 1. The quantitative estimate of drug-likeness (QED) is 0.821. The first-order chi connectivity index (χ1) is 8.16. The number of hydrogen-bond acceptors (Lipinski definition) is 3. The zero-order valence-electron chi connectivity index (χ0n) is 9.30. The molecule has 5 nitrogen and oxygen atoms in total. The summed E-state index contributed by atoms with van der Waals surface area (Å²) in [6, 6.07) is 3.41. The summed E-state index contributed by atoms with van der Waals surface area (Å²) in [5.41, 5.74) is 0.916. The van der Waals surface area contributed by atoms with E-state index in [1.54, 1.807) is 12.4 Å². The van der Waals surface area contributed by atoms with Crippen molar-refractivity contribution in [1.82, 2.24) is 10.3 Å². The first-order valence-corrected chi connectivity index (χ1v) is 5.58. The summed E-state index contributed by atoms with van der Waals surface area (Å²) >= 11 is 0. The maximum atomic E-state index is 11.4. The van der Waals surface area contributed by atoms with Gasteiger partial charge in [-0.1, -0.05) is 0 Å². The van der Waals surface area contributed by atoms with Crippen LogP contribution in [0, 0.1) is 5.92 Å². The van der Waals surface area contributed by atoms with Gasteiger partial charge in [0, 0.05) is 18.8 Å². The number of hydrogen-bond donors (Lipinski definition) is 2. The SMILES string of the molecule is O=C(O)C[C@H]1CCC(=O)N[C@@H]1c1ccncc1. The van der Waals surface area contributed by atoms with Crippen LogP contribution >= 0.6 is 0 Å². The molecule has 90 valence electrons. The fraction of sp³-hybridized carbons (Fsp3) is 0.417. The highest BCUT2D eigenvalue weighted by atomic mass is 16.4. The molecule has 1 fully saturated rings. The van der Waals surface area contributed by atoms with Crippen LogP contribution in [-0.4, -0.2) is 22.0 Å². The number of carbonyl (C=O) groups is 2. The van der Waals surface area contributed by atoms with Crippen LogP contribution in [0.25, 0.3) is 0 Å². The Morgan fingerprint density at radius 2 is 2.18 bits per heavy atom. The minimum absolute atomic E-state index is 0.0200. The monoisotopic (exact) mass is 234 g/mol. The average Bonchev–Trinajstić information content (AvgIpc) is 2.32. The first kappa shape index (κ1) is 11.6. The number of nitrogens with zero attached hydrogens (tertiary/aromatic N) is 1. The van der Waals surface area contributed by atoms with Crippen molar-refractivity contribution >= 4 is 11.9 Å². The van der Waals surface area contributed by atoms with Gasteiger partial charge < -0.3 is 10.4 Å². The van der Waals surface area contributed by atoms with Crippen LogP contribution in [0.5, 0.6) is 0 Å². The molecule has 0 unspecified atom stereocenters. The van der Waals surface area contributed by atoms with Gasteiger partial charge in [-0.2, -0.15) is 0 Å². The lowest BCUT2D eigenvalue weighted by Gasteiger charge is -2.31. The summed E-state index contributed by atoms with van der Waals surface area (Å²) < 4.78 is 0. The van der Waals surface area contributed by atoms with E-state index in [0.717, 1.165) is 5.56 Å². The molecule has 2 N–H and O–H groups in total. The van der Waals surface area contributed by atoms with Crippen molar-refractivity contribution in [3.63, 3.8) is 0 Å². The fourth-order valence-electron chi connectivity index (χ4n) is 2.22. The molecule has 0 bridgehead atoms. The number of pyridine rings is 1. The van der Waals surface area contributed by atoms with Gasteiger partial charge in [-0.15, -0.1) is 0 Å². The van der Waals surface area contributed by atoms with E-state index in [1.807, 2.05) is 12.1 Å². The molecule has 2 rings (SSSR count). The normalized spacial score (nSPS) is 24.1. The third kappa shape index (κ3) is 2.81. The van der Waals surface area contributed by atoms with Crippen molar-refractivity contribution in [3.05, 3.63) is 30.1 Å². The van der Waals surface area contributed by atoms with Gasteiger partial charge in [0.2, 0.25) is 5.91 Å². The molecule has 0 spiro atoms. The highest BCUT2D eigenvalue weighted by Crippen LogP contribution is 2.31. The third-order valence-electron chi connectivity index (χ3n) is 3.03. The highest BCUT2D eigenvalue weighted by molar-refractivity contribution is 5.78. The molecule has 2 heterocycles. The molecular weight excluding hydrogens is 220 g/mol. The van der Waals surface area contributed by atoms with Crippen molar-refractivity contribution in [1.29, 1.82) is 0 Å². The van der Waals surface area contributed by atoms with Gasteiger partial charge in [0.05, 0.1) is 12.5 Å². The van der Waals surface area contributed by atoms with E-state index >= 15 is 0 Å². The summed E-state index contributed by atoms with van der Waals surface area (Å²) in [5.74, 6) is -0.897. The van der Waals surface area contributed by atoms with Gasteiger partial charge >= 0.3 is 5.97 Å². The lowest BCUT2D eigenvalue weighted by atomic mass is 9.84. The van der Waals surface area contributed by atoms with Gasteiger partial charge in [-0.05, 0) is 30.0 Å². The number of rotatable bonds is 3. The van der Waals surface area contributed by atoms with E-state index in [0.29, 0.717) is 12.8 Å². The second-order valence-corrected chi connectivity index (χ2v) is 4.22. The zero-order valence-corrected chi connectivity index (χ0v) is 9.30. The van der Waals surface area contributed by atoms with Crippen molar-refractivity contribution in [2.75, 3.05) is 0 Å². The maximum absolute atomic E-state index is 11.4. The number of aliphatic carboxylic acids is 1. The van der Waals surface area contributed by atoms with Gasteiger partial charge in [0.15, 0.2) is 0 Å². The van der Waals surface area contributed by atoms with E-state index in [-0.39, 0.29) is 24.3 Å². The molecule has 1 aromatic rings. The zero-order chi connectivity index (χ0) is 12.3. The van der Waals surface area contributed by atoms with Crippen molar-refractivity contribution in [2.45, 2.75) is 25.3 Å². The largest absolute Gasteiger partial charge is 0.481 e. The predicted molar refractivity (Wildman–Crippen MR) is 60.1 cm³/mol. The summed E-state index contributed by atoms with van der Waals surface area (Å²) in [5, 5.41) is 11.7. The Labute approximate surface area is 98.9 Å². The number of aromatic nitrogens is 1. The van der Waals surface area contributed by atoms with Crippen molar-refractivity contribution in [2.24, 2.45) is 5.92 Å². The van der Waals surface area contributed by atoms with E-state index in [4.69, 9.17) is 5.11 Å². The van der Waals surface area contributed by atoms with Gasteiger partial charge in [-0.3, -0.25) is 14.6 Å². The molecule has 0 saturated carbocycles. The van der Waals surface area contributed by atoms with Crippen LogP contribution in [0.3, 0.4) is 0 Å². The van der Waals surface area contributed by atoms with Crippen molar-refractivity contribution < 1.29 is 14.7 Å². The van der Waals surface area contributed by atoms with Crippen LogP contribution in [0.15, 0.2) is 24.5 Å². The van der Waals surface area contributed by atoms with E-state index in [1.165, 1.54) is 0 Å². The fourth-order valence-corrected chi connectivity index (χ4v) is 2.22. The number of piperidine rings is 1. The Bertz CT molecular complexity index is 419. The molecule has 0 aromatic carbocycles. The summed E-state index contributed by atoms with van der Waals surface area (Å²) in [6.45, 7) is 0. The summed E-state index contributed by atoms with van der Waals surface area (Å²) in [7, 11) is 0. The Morgan fingerprint density at radius 1 is 1.47 bits per heavy atom. The molecule has 1 aliphatic heterocycles. The standard InChI is InChI=1S/C12H14N2O3/c15-10-2-1-9(7-11(16)17)12(14-10)8-3-5-13-6-4-8/h3-6,9,12H,1-2,7H2,(H,14,15)(H,16,17)/t9-,12-/m1/s1. The number of nitrogens with one attached hydrogen (secondary N) is 1. The number of carboxylic acid groups (broad SMARTS) is 1. The van der Waals surface area contributed by atoms with Crippen LogP contribution in [0.4, 0.5) is 0 Å². The molecule has 2 atom stereocenters. The van der Waals surface area contributed by atoms with E-state index in [2.05, 4.69) is 10.3 Å².